The number of esters is 1. The normalized spacial score (nSPS) is 17.4. The van der Waals surface area contributed by atoms with Crippen molar-refractivity contribution < 1.29 is 31.1 Å². The summed E-state index contributed by atoms with van der Waals surface area (Å²) >= 11 is 0. The molecule has 0 aromatic carbocycles. The molecular formula is C16H29F3N4O4S. The van der Waals surface area contributed by atoms with E-state index in [0.29, 0.717) is 23.2 Å². The highest BCUT2D eigenvalue weighted by Crippen LogP contribution is 2.28. The van der Waals surface area contributed by atoms with E-state index in [-0.39, 0.29) is 37.9 Å². The molecule has 28 heavy (non-hydrogen) atoms. The van der Waals surface area contributed by atoms with Gasteiger partial charge in [-0.2, -0.15) is 17.5 Å². The number of piperidine rings is 1. The molecule has 8 nitrogen and oxygen atoms in total. The number of methoxy groups -OCH3 is 1. The Morgan fingerprint density at radius 1 is 1.18 bits per heavy atom. The molecule has 1 fully saturated rings. The van der Waals surface area contributed by atoms with Crippen molar-refractivity contribution in [2.24, 2.45) is 4.99 Å². The molecule has 1 saturated heterocycles. The average molecular weight is 430 g/mol. The van der Waals surface area contributed by atoms with Crippen LogP contribution in [0.3, 0.4) is 0 Å². The number of hydrogen-bond acceptors (Lipinski definition) is 5. The van der Waals surface area contributed by atoms with Crippen molar-refractivity contribution in [3.63, 3.8) is 0 Å². The van der Waals surface area contributed by atoms with Gasteiger partial charge in [-0.25, -0.2) is 8.42 Å². The number of halogens is 3. The number of guanidine groups is 1. The molecule has 1 aliphatic rings. The second-order valence-corrected chi connectivity index (χ2v) is 8.44. The lowest BCUT2D eigenvalue weighted by atomic mass is 10.1. The molecule has 12 heteroatoms. The molecule has 164 valence electrons. The van der Waals surface area contributed by atoms with Crippen LogP contribution in [0.5, 0.6) is 0 Å². The van der Waals surface area contributed by atoms with Crippen LogP contribution in [0.4, 0.5) is 13.2 Å². The minimum atomic E-state index is -5.26. The Morgan fingerprint density at radius 3 is 2.32 bits per heavy atom. The average Bonchev–Trinajstić information content (AvgIpc) is 2.65. The second-order valence-electron chi connectivity index (χ2n) is 6.51. The summed E-state index contributed by atoms with van der Waals surface area (Å²) in [7, 11) is -2.30. The molecule has 0 unspecified atom stereocenters. The van der Waals surface area contributed by atoms with Crippen LogP contribution in [0.25, 0.3) is 0 Å². The number of aliphatic imine (C=N–C) groups is 1. The Kier molecular flexibility index (Phi) is 10.0. The van der Waals surface area contributed by atoms with Crippen molar-refractivity contribution in [2.45, 2.75) is 56.5 Å². The highest BCUT2D eigenvalue weighted by Gasteiger charge is 2.50. The van der Waals surface area contributed by atoms with E-state index >= 15 is 0 Å². The fraction of sp³-hybridized carbons (Fsp3) is 0.875. The SMILES string of the molecule is CN=C(NCCCCCCC(=O)OC)NC1CCN(S(=O)(=O)C(F)(F)F)CC1. The van der Waals surface area contributed by atoms with Crippen molar-refractivity contribution in [3.8, 4) is 0 Å². The number of nitrogens with one attached hydrogen (secondary N) is 2. The number of unbranched alkanes of at least 4 members (excludes halogenated alkanes) is 3. The molecule has 0 saturated carbocycles. The van der Waals surface area contributed by atoms with Gasteiger partial charge in [0.15, 0.2) is 5.96 Å². The highest BCUT2D eigenvalue weighted by atomic mass is 32.2. The molecule has 0 radical (unpaired) electrons. The first-order valence-corrected chi connectivity index (χ1v) is 10.7. The second kappa shape index (κ2) is 11.4. The van der Waals surface area contributed by atoms with Crippen LogP contribution in [0, 0.1) is 0 Å². The van der Waals surface area contributed by atoms with E-state index in [1.165, 1.54) is 7.11 Å². The predicted molar refractivity (Wildman–Crippen MR) is 99.2 cm³/mol. The summed E-state index contributed by atoms with van der Waals surface area (Å²) < 4.78 is 65.7. The minimum absolute atomic E-state index is 0.147. The van der Waals surface area contributed by atoms with Gasteiger partial charge in [-0.15, -0.1) is 0 Å². The molecule has 0 aliphatic carbocycles. The van der Waals surface area contributed by atoms with Gasteiger partial charge >= 0.3 is 21.5 Å². The zero-order valence-electron chi connectivity index (χ0n) is 16.2. The number of nitrogens with zero attached hydrogens (tertiary/aromatic N) is 2. The Balaban J connectivity index is 2.26. The number of ether oxygens (including phenoxy) is 1. The van der Waals surface area contributed by atoms with Crippen molar-refractivity contribution in [1.82, 2.24) is 14.9 Å². The first kappa shape index (κ1) is 24.5. The Bertz CT molecular complexity index is 618. The molecule has 0 aromatic rings. The molecule has 0 bridgehead atoms. The van der Waals surface area contributed by atoms with Crippen LogP contribution in [-0.2, 0) is 19.6 Å². The minimum Gasteiger partial charge on any atom is -0.469 e. The quantitative estimate of drug-likeness (QED) is 0.249. The summed E-state index contributed by atoms with van der Waals surface area (Å²) in [4.78, 5) is 15.1. The van der Waals surface area contributed by atoms with Gasteiger partial charge in [-0.1, -0.05) is 12.8 Å². The van der Waals surface area contributed by atoms with Crippen LogP contribution in [0.15, 0.2) is 4.99 Å². The van der Waals surface area contributed by atoms with Gasteiger partial charge in [-0.05, 0) is 25.7 Å². The number of alkyl halides is 3. The van der Waals surface area contributed by atoms with Gasteiger partial charge in [0, 0.05) is 39.1 Å². The fourth-order valence-corrected chi connectivity index (χ4v) is 3.82. The standard InChI is InChI=1S/C16H29F3N4O4S/c1-20-15(21-10-6-4-3-5-7-14(24)27-2)22-13-8-11-23(12-9-13)28(25,26)16(17,18)19/h13H,3-12H2,1-2H3,(H2,20,21,22). The first-order chi connectivity index (χ1) is 13.1. The third-order valence-corrected chi connectivity index (χ3v) is 6.11. The molecule has 0 spiro atoms. The number of carbonyl (C=O) groups is 1. The highest BCUT2D eigenvalue weighted by molar-refractivity contribution is 7.90. The van der Waals surface area contributed by atoms with Gasteiger partial charge < -0.3 is 15.4 Å². The van der Waals surface area contributed by atoms with Gasteiger partial charge in [0.1, 0.15) is 0 Å². The molecule has 1 rings (SSSR count). The van der Waals surface area contributed by atoms with Crippen molar-refractivity contribution in [3.05, 3.63) is 0 Å². The zero-order valence-corrected chi connectivity index (χ0v) is 17.0. The molecule has 0 atom stereocenters. The largest absolute Gasteiger partial charge is 0.511 e. The van der Waals surface area contributed by atoms with E-state index in [1.54, 1.807) is 7.05 Å². The van der Waals surface area contributed by atoms with Crippen LogP contribution in [-0.4, -0.2) is 70.0 Å². The Hall–Kier alpha value is -1.56. The summed E-state index contributed by atoms with van der Waals surface area (Å²) in [6.07, 6.45) is 4.45. The van der Waals surface area contributed by atoms with Gasteiger partial charge in [0.2, 0.25) is 0 Å². The molecular weight excluding hydrogens is 401 g/mol. The van der Waals surface area contributed by atoms with Crippen molar-refractivity contribution in [2.75, 3.05) is 33.8 Å². The molecule has 2 N–H and O–H groups in total. The van der Waals surface area contributed by atoms with E-state index in [1.807, 2.05) is 0 Å². The smallest absolute Gasteiger partial charge is 0.469 e. The maximum atomic E-state index is 12.6. The number of carbonyl (C=O) groups excluding carboxylic acids is 1. The number of hydrogen-bond donors (Lipinski definition) is 2. The van der Waals surface area contributed by atoms with Crippen molar-refractivity contribution >= 4 is 22.0 Å². The Morgan fingerprint density at radius 2 is 1.79 bits per heavy atom. The molecule has 0 amide bonds. The van der Waals surface area contributed by atoms with Crippen LogP contribution < -0.4 is 10.6 Å². The molecule has 1 heterocycles. The van der Waals surface area contributed by atoms with Crippen LogP contribution >= 0.6 is 0 Å². The van der Waals surface area contributed by atoms with Gasteiger partial charge in [-0.3, -0.25) is 9.79 Å². The third kappa shape index (κ3) is 7.82. The van der Waals surface area contributed by atoms with E-state index in [4.69, 9.17) is 0 Å². The zero-order chi connectivity index (χ0) is 21.2. The number of sulfonamides is 1. The fourth-order valence-electron chi connectivity index (χ4n) is 2.83. The van der Waals surface area contributed by atoms with Crippen LogP contribution in [0.1, 0.15) is 44.9 Å². The maximum Gasteiger partial charge on any atom is 0.511 e. The monoisotopic (exact) mass is 430 g/mol. The lowest BCUT2D eigenvalue weighted by molar-refractivity contribution is -0.140. The maximum absolute atomic E-state index is 12.6. The van der Waals surface area contributed by atoms with Crippen molar-refractivity contribution in [1.29, 1.82) is 0 Å². The summed E-state index contributed by atoms with van der Waals surface area (Å²) in [5, 5.41) is 6.24. The lowest BCUT2D eigenvalue weighted by Gasteiger charge is -2.32. The van der Waals surface area contributed by atoms with E-state index in [0.717, 1.165) is 25.7 Å². The van der Waals surface area contributed by atoms with E-state index in [9.17, 15) is 26.4 Å². The third-order valence-electron chi connectivity index (χ3n) is 4.48. The summed E-state index contributed by atoms with van der Waals surface area (Å²) in [5.41, 5.74) is -5.26. The van der Waals surface area contributed by atoms with Gasteiger partial charge in [0.25, 0.3) is 0 Å². The van der Waals surface area contributed by atoms with Gasteiger partial charge in [0.05, 0.1) is 7.11 Å². The Labute approximate surface area is 163 Å². The molecule has 1 aliphatic heterocycles. The van der Waals surface area contributed by atoms with E-state index < -0.39 is 15.5 Å². The summed E-state index contributed by atoms with van der Waals surface area (Å²) in [6, 6.07) is -0.147. The first-order valence-electron chi connectivity index (χ1n) is 9.22. The number of rotatable bonds is 9. The predicted octanol–water partition coefficient (Wildman–Crippen LogP) is 1.59. The van der Waals surface area contributed by atoms with Crippen LogP contribution in [0.2, 0.25) is 0 Å². The van der Waals surface area contributed by atoms with E-state index in [2.05, 4.69) is 20.4 Å². The lowest BCUT2D eigenvalue weighted by Crippen LogP contribution is -2.51. The summed E-state index contributed by atoms with van der Waals surface area (Å²) in [5.74, 6) is 0.323. The summed E-state index contributed by atoms with van der Waals surface area (Å²) in [6.45, 7) is 0.298. The molecule has 0 aromatic heterocycles. The topological polar surface area (TPSA) is 100 Å².